The van der Waals surface area contributed by atoms with Crippen LogP contribution >= 0.6 is 0 Å². The van der Waals surface area contributed by atoms with Gasteiger partial charge < -0.3 is 15.4 Å². The fraction of sp³-hybridized carbons (Fsp3) is 0.120. The molecule has 0 aliphatic rings. The van der Waals surface area contributed by atoms with Crippen molar-refractivity contribution in [3.8, 4) is 22.9 Å². The Morgan fingerprint density at radius 1 is 0.971 bits per heavy atom. The molecule has 0 aliphatic heterocycles. The number of amides is 1. The van der Waals surface area contributed by atoms with Gasteiger partial charge in [-0.15, -0.1) is 0 Å². The molecule has 0 saturated heterocycles. The number of ether oxygens (including phenoxy) is 1. The van der Waals surface area contributed by atoms with E-state index in [1.165, 1.54) is 24.5 Å². The molecule has 10 heteroatoms. The molecule has 2 N–H and O–H groups in total. The van der Waals surface area contributed by atoms with E-state index in [-0.39, 0.29) is 17.1 Å². The van der Waals surface area contributed by atoms with Gasteiger partial charge in [-0.05, 0) is 55.0 Å². The molecule has 178 valence electrons. The Morgan fingerprint density at radius 2 is 1.80 bits per heavy atom. The normalized spacial score (nSPS) is 11.1. The fourth-order valence-electron chi connectivity index (χ4n) is 3.24. The van der Waals surface area contributed by atoms with Gasteiger partial charge in [0.15, 0.2) is 0 Å². The van der Waals surface area contributed by atoms with E-state index in [1.54, 1.807) is 50.5 Å². The summed E-state index contributed by atoms with van der Waals surface area (Å²) in [7, 11) is 1.74. The number of carbonyl (C=O) groups excluding carboxylic acids is 1. The minimum atomic E-state index is -4.51. The summed E-state index contributed by atoms with van der Waals surface area (Å²) in [5.41, 5.74) is 1.32. The van der Waals surface area contributed by atoms with Crippen molar-refractivity contribution in [2.24, 2.45) is 0 Å². The molecule has 0 saturated carbocycles. The number of halogens is 3. The number of aromatic nitrogens is 3. The van der Waals surface area contributed by atoms with Crippen LogP contribution in [0, 0.1) is 6.92 Å². The summed E-state index contributed by atoms with van der Waals surface area (Å²) >= 11 is 0. The van der Waals surface area contributed by atoms with Gasteiger partial charge in [0.2, 0.25) is 5.88 Å². The summed E-state index contributed by atoms with van der Waals surface area (Å²) in [5, 5.41) is 5.44. The predicted octanol–water partition coefficient (Wildman–Crippen LogP) is 5.95. The number of nitrogens with zero attached hydrogens (tertiary/aromatic N) is 3. The largest absolute Gasteiger partial charge is 0.438 e. The molecule has 35 heavy (non-hydrogen) atoms. The summed E-state index contributed by atoms with van der Waals surface area (Å²) in [5.74, 6) is 0.676. The molecule has 1 amide bonds. The molecule has 0 spiro atoms. The molecule has 2 aromatic heterocycles. The number of alkyl halides is 3. The molecule has 2 heterocycles. The van der Waals surface area contributed by atoms with Crippen LogP contribution in [0.3, 0.4) is 0 Å². The predicted molar refractivity (Wildman–Crippen MR) is 125 cm³/mol. The van der Waals surface area contributed by atoms with Crippen LogP contribution in [-0.2, 0) is 6.18 Å². The Kier molecular flexibility index (Phi) is 6.63. The van der Waals surface area contributed by atoms with Crippen LogP contribution < -0.4 is 15.4 Å². The molecular formula is C25H20F3N5O2. The first kappa shape index (κ1) is 23.7. The lowest BCUT2D eigenvalue weighted by Gasteiger charge is -2.13. The summed E-state index contributed by atoms with van der Waals surface area (Å²) in [6, 6.07) is 14.5. The van der Waals surface area contributed by atoms with Gasteiger partial charge in [-0.3, -0.25) is 4.79 Å². The molecule has 0 atom stereocenters. The molecule has 0 aliphatic carbocycles. The molecule has 0 radical (unpaired) electrons. The zero-order valence-electron chi connectivity index (χ0n) is 18.7. The second-order valence-electron chi connectivity index (χ2n) is 7.51. The van der Waals surface area contributed by atoms with Crippen molar-refractivity contribution < 1.29 is 22.7 Å². The van der Waals surface area contributed by atoms with Crippen molar-refractivity contribution in [2.75, 3.05) is 17.7 Å². The van der Waals surface area contributed by atoms with E-state index in [2.05, 4.69) is 25.6 Å². The van der Waals surface area contributed by atoms with E-state index in [0.717, 1.165) is 17.7 Å². The van der Waals surface area contributed by atoms with E-state index in [0.29, 0.717) is 22.8 Å². The minimum absolute atomic E-state index is 0.0315. The van der Waals surface area contributed by atoms with E-state index >= 15 is 0 Å². The number of hydrogen-bond donors (Lipinski definition) is 2. The highest BCUT2D eigenvalue weighted by Crippen LogP contribution is 2.33. The van der Waals surface area contributed by atoms with Gasteiger partial charge in [-0.2, -0.15) is 13.2 Å². The number of carbonyl (C=O) groups is 1. The Bertz CT molecular complexity index is 1380. The lowest BCUT2D eigenvalue weighted by Crippen LogP contribution is -2.13. The van der Waals surface area contributed by atoms with Gasteiger partial charge >= 0.3 is 6.18 Å². The van der Waals surface area contributed by atoms with Crippen LogP contribution in [0.4, 0.5) is 24.7 Å². The molecule has 2 aromatic carbocycles. The molecule has 0 bridgehead atoms. The molecule has 4 rings (SSSR count). The summed E-state index contributed by atoms with van der Waals surface area (Å²) in [6.07, 6.45) is -1.52. The first-order valence-corrected chi connectivity index (χ1v) is 10.5. The first-order valence-electron chi connectivity index (χ1n) is 10.5. The van der Waals surface area contributed by atoms with Crippen molar-refractivity contribution in [3.63, 3.8) is 0 Å². The van der Waals surface area contributed by atoms with Crippen LogP contribution in [0.15, 0.2) is 73.2 Å². The topological polar surface area (TPSA) is 89.0 Å². The maximum absolute atomic E-state index is 13.0. The Balaban J connectivity index is 1.60. The maximum Gasteiger partial charge on any atom is 0.416 e. The van der Waals surface area contributed by atoms with Crippen molar-refractivity contribution >= 4 is 17.4 Å². The Morgan fingerprint density at radius 3 is 2.57 bits per heavy atom. The molecule has 4 aromatic rings. The average molecular weight is 479 g/mol. The monoisotopic (exact) mass is 479 g/mol. The number of benzene rings is 2. The average Bonchev–Trinajstić information content (AvgIpc) is 2.85. The highest BCUT2D eigenvalue weighted by atomic mass is 19.4. The van der Waals surface area contributed by atoms with Gasteiger partial charge in [-0.1, -0.05) is 12.1 Å². The van der Waals surface area contributed by atoms with E-state index in [1.807, 2.05) is 0 Å². The van der Waals surface area contributed by atoms with E-state index in [4.69, 9.17) is 4.74 Å². The first-order chi connectivity index (χ1) is 16.7. The second kappa shape index (κ2) is 9.80. The highest BCUT2D eigenvalue weighted by Gasteiger charge is 2.30. The highest BCUT2D eigenvalue weighted by molar-refractivity contribution is 6.04. The number of aryl methyl sites for hydroxylation is 1. The van der Waals surface area contributed by atoms with Gasteiger partial charge in [0.05, 0.1) is 16.8 Å². The van der Waals surface area contributed by atoms with Crippen LogP contribution in [0.1, 0.15) is 21.5 Å². The molecule has 0 fully saturated rings. The van der Waals surface area contributed by atoms with Gasteiger partial charge in [-0.25, -0.2) is 15.0 Å². The maximum atomic E-state index is 13.0. The third-order valence-electron chi connectivity index (χ3n) is 5.08. The molecule has 0 unspecified atom stereocenters. The smallest absolute Gasteiger partial charge is 0.416 e. The SMILES string of the molecule is CNc1cc(-c2cccnc2Oc2cc(C(=O)Nc3cccc(C(F)(F)F)c3)ccc2C)ncn1. The van der Waals surface area contributed by atoms with Gasteiger partial charge in [0, 0.05) is 30.6 Å². The lowest BCUT2D eigenvalue weighted by molar-refractivity contribution is -0.137. The second-order valence-corrected chi connectivity index (χ2v) is 7.51. The Hall–Kier alpha value is -4.47. The Labute approximate surface area is 199 Å². The quantitative estimate of drug-likeness (QED) is 0.355. The van der Waals surface area contributed by atoms with Crippen LogP contribution in [0.5, 0.6) is 11.6 Å². The van der Waals surface area contributed by atoms with Gasteiger partial charge in [0.1, 0.15) is 17.9 Å². The zero-order valence-corrected chi connectivity index (χ0v) is 18.7. The number of anilines is 2. The van der Waals surface area contributed by atoms with Crippen LogP contribution in [0.2, 0.25) is 0 Å². The number of pyridine rings is 1. The summed E-state index contributed by atoms with van der Waals surface area (Å²) in [6.45, 7) is 1.80. The van der Waals surface area contributed by atoms with Crippen molar-refractivity contribution in [1.29, 1.82) is 0 Å². The van der Waals surface area contributed by atoms with Crippen molar-refractivity contribution in [3.05, 3.63) is 89.9 Å². The number of nitrogens with one attached hydrogen (secondary N) is 2. The number of rotatable bonds is 6. The zero-order chi connectivity index (χ0) is 25.0. The lowest BCUT2D eigenvalue weighted by atomic mass is 10.1. The van der Waals surface area contributed by atoms with Crippen molar-refractivity contribution in [1.82, 2.24) is 15.0 Å². The molecule has 7 nitrogen and oxygen atoms in total. The van der Waals surface area contributed by atoms with E-state index in [9.17, 15) is 18.0 Å². The molecular weight excluding hydrogens is 459 g/mol. The summed E-state index contributed by atoms with van der Waals surface area (Å²) < 4.78 is 45.0. The third kappa shape index (κ3) is 5.55. The minimum Gasteiger partial charge on any atom is -0.438 e. The number of hydrogen-bond acceptors (Lipinski definition) is 6. The standard InChI is InChI=1S/C25H20F3N5O2/c1-15-8-9-16(23(34)33-18-6-3-5-17(12-18)25(26,27)28)11-21(15)35-24-19(7-4-10-30-24)20-13-22(29-2)32-14-31-20/h3-14H,1-2H3,(H,33,34)(H,29,31,32). The summed E-state index contributed by atoms with van der Waals surface area (Å²) in [4.78, 5) is 25.5. The fourth-order valence-corrected chi connectivity index (χ4v) is 3.24. The van der Waals surface area contributed by atoms with Gasteiger partial charge in [0.25, 0.3) is 5.91 Å². The van der Waals surface area contributed by atoms with Crippen LogP contribution in [0.25, 0.3) is 11.3 Å². The third-order valence-corrected chi connectivity index (χ3v) is 5.08. The van der Waals surface area contributed by atoms with E-state index < -0.39 is 17.6 Å². The van der Waals surface area contributed by atoms with Crippen LogP contribution in [-0.4, -0.2) is 27.9 Å². The van der Waals surface area contributed by atoms with Crippen molar-refractivity contribution in [2.45, 2.75) is 13.1 Å².